The van der Waals surface area contributed by atoms with Crippen molar-refractivity contribution in [3.8, 4) is 5.75 Å². The molecule has 1 amide bonds. The summed E-state index contributed by atoms with van der Waals surface area (Å²) >= 11 is 11.6. The van der Waals surface area contributed by atoms with Crippen molar-refractivity contribution in [1.29, 1.82) is 0 Å². The average molecular weight is 290 g/mol. The summed E-state index contributed by atoms with van der Waals surface area (Å²) in [6, 6.07) is 4.73. The van der Waals surface area contributed by atoms with Crippen LogP contribution in [0.2, 0.25) is 10.0 Å². The van der Waals surface area contributed by atoms with Gasteiger partial charge in [-0.3, -0.25) is 0 Å². The van der Waals surface area contributed by atoms with Gasteiger partial charge < -0.3 is 14.4 Å². The Balaban J connectivity index is 1.99. The van der Waals surface area contributed by atoms with Crippen LogP contribution in [0, 0.1) is 0 Å². The normalized spacial score (nSPS) is 16.2. The smallest absolute Gasteiger partial charge is 0.410 e. The second kappa shape index (κ2) is 6.27. The average Bonchev–Trinajstić information content (AvgIpc) is 2.62. The standard InChI is InChI=1S/C12H13Cl2NO3/c13-10-3-2-9(8-11(10)14)18-12(16)15-4-1-6-17-7-5-15/h2-3,8H,1,4-7H2. The van der Waals surface area contributed by atoms with Gasteiger partial charge in [0.05, 0.1) is 16.7 Å². The minimum absolute atomic E-state index is 0.362. The number of rotatable bonds is 1. The van der Waals surface area contributed by atoms with Crippen LogP contribution in [0.15, 0.2) is 18.2 Å². The molecular formula is C12H13Cl2NO3. The molecule has 0 atom stereocenters. The van der Waals surface area contributed by atoms with Crippen LogP contribution in [-0.4, -0.2) is 37.3 Å². The number of carbonyl (C=O) groups excluding carboxylic acids is 1. The molecule has 0 aromatic heterocycles. The highest BCUT2D eigenvalue weighted by molar-refractivity contribution is 6.42. The van der Waals surface area contributed by atoms with E-state index < -0.39 is 0 Å². The lowest BCUT2D eigenvalue weighted by Crippen LogP contribution is -2.35. The molecule has 0 bridgehead atoms. The quantitative estimate of drug-likeness (QED) is 0.797. The molecule has 18 heavy (non-hydrogen) atoms. The van der Waals surface area contributed by atoms with Crippen molar-refractivity contribution < 1.29 is 14.3 Å². The van der Waals surface area contributed by atoms with Crippen LogP contribution >= 0.6 is 23.2 Å². The van der Waals surface area contributed by atoms with E-state index in [0.29, 0.717) is 42.1 Å². The highest BCUT2D eigenvalue weighted by Gasteiger charge is 2.17. The molecule has 0 saturated carbocycles. The maximum absolute atomic E-state index is 11.9. The fourth-order valence-corrected chi connectivity index (χ4v) is 1.92. The van der Waals surface area contributed by atoms with Crippen molar-refractivity contribution in [3.05, 3.63) is 28.2 Å². The Labute approximate surface area is 115 Å². The number of amides is 1. The number of benzene rings is 1. The number of hydrogen-bond donors (Lipinski definition) is 0. The molecule has 1 heterocycles. The molecule has 6 heteroatoms. The monoisotopic (exact) mass is 289 g/mol. The van der Waals surface area contributed by atoms with E-state index in [-0.39, 0.29) is 6.09 Å². The first-order valence-corrected chi connectivity index (χ1v) is 6.42. The lowest BCUT2D eigenvalue weighted by atomic mass is 10.3. The van der Waals surface area contributed by atoms with Gasteiger partial charge in [0.15, 0.2) is 0 Å². The zero-order valence-corrected chi connectivity index (χ0v) is 11.2. The van der Waals surface area contributed by atoms with E-state index in [4.69, 9.17) is 32.7 Å². The van der Waals surface area contributed by atoms with Crippen molar-refractivity contribution in [2.24, 2.45) is 0 Å². The first-order chi connectivity index (χ1) is 8.66. The van der Waals surface area contributed by atoms with Crippen molar-refractivity contribution in [3.63, 3.8) is 0 Å². The Morgan fingerprint density at radius 3 is 2.83 bits per heavy atom. The maximum atomic E-state index is 11.9. The Kier molecular flexibility index (Phi) is 4.69. The maximum Gasteiger partial charge on any atom is 0.415 e. The molecule has 1 saturated heterocycles. The molecule has 0 unspecified atom stereocenters. The summed E-state index contributed by atoms with van der Waals surface area (Å²) in [7, 11) is 0. The number of hydrogen-bond acceptors (Lipinski definition) is 3. The van der Waals surface area contributed by atoms with Gasteiger partial charge in [-0.1, -0.05) is 23.2 Å². The lowest BCUT2D eigenvalue weighted by Gasteiger charge is -2.18. The topological polar surface area (TPSA) is 38.8 Å². The second-order valence-electron chi connectivity index (χ2n) is 3.90. The third-order valence-corrected chi connectivity index (χ3v) is 3.32. The Morgan fingerprint density at radius 1 is 1.22 bits per heavy atom. The van der Waals surface area contributed by atoms with Crippen LogP contribution in [-0.2, 0) is 4.74 Å². The van der Waals surface area contributed by atoms with E-state index in [9.17, 15) is 4.79 Å². The molecule has 4 nitrogen and oxygen atoms in total. The van der Waals surface area contributed by atoms with E-state index in [1.807, 2.05) is 0 Å². The molecule has 0 N–H and O–H groups in total. The summed E-state index contributed by atoms with van der Waals surface area (Å²) in [6.07, 6.45) is 0.426. The van der Waals surface area contributed by atoms with Gasteiger partial charge in [-0.2, -0.15) is 0 Å². The fraction of sp³-hybridized carbons (Fsp3) is 0.417. The van der Waals surface area contributed by atoms with Crippen LogP contribution in [0.25, 0.3) is 0 Å². The zero-order chi connectivity index (χ0) is 13.0. The lowest BCUT2D eigenvalue weighted by molar-refractivity contribution is 0.130. The molecule has 98 valence electrons. The van der Waals surface area contributed by atoms with E-state index in [1.54, 1.807) is 17.0 Å². The minimum Gasteiger partial charge on any atom is -0.410 e. The summed E-state index contributed by atoms with van der Waals surface area (Å²) in [4.78, 5) is 13.5. The van der Waals surface area contributed by atoms with Crippen molar-refractivity contribution in [1.82, 2.24) is 4.90 Å². The Bertz CT molecular complexity index is 431. The summed E-state index contributed by atoms with van der Waals surface area (Å²) in [5, 5.41) is 0.792. The van der Waals surface area contributed by atoms with Crippen LogP contribution in [0.4, 0.5) is 4.79 Å². The molecule has 0 radical (unpaired) electrons. The van der Waals surface area contributed by atoms with Crippen LogP contribution in [0.5, 0.6) is 5.75 Å². The first kappa shape index (κ1) is 13.5. The molecule has 2 rings (SSSR count). The molecular weight excluding hydrogens is 277 g/mol. The van der Waals surface area contributed by atoms with Gasteiger partial charge in [-0.25, -0.2) is 4.79 Å². The summed E-state index contributed by atoms with van der Waals surface area (Å²) in [5.41, 5.74) is 0. The van der Waals surface area contributed by atoms with Gasteiger partial charge in [0.1, 0.15) is 5.75 Å². The molecule has 0 spiro atoms. The van der Waals surface area contributed by atoms with Gasteiger partial charge in [0.2, 0.25) is 0 Å². The molecule has 0 aliphatic carbocycles. The summed E-state index contributed by atoms with van der Waals surface area (Å²) in [6.45, 7) is 2.40. The predicted molar refractivity (Wildman–Crippen MR) is 69.5 cm³/mol. The van der Waals surface area contributed by atoms with Crippen molar-refractivity contribution >= 4 is 29.3 Å². The van der Waals surface area contributed by atoms with E-state index in [0.717, 1.165) is 6.42 Å². The number of halogens is 2. The van der Waals surface area contributed by atoms with Crippen LogP contribution < -0.4 is 4.74 Å². The zero-order valence-electron chi connectivity index (χ0n) is 9.70. The Hall–Kier alpha value is -0.970. The van der Waals surface area contributed by atoms with E-state index in [1.165, 1.54) is 6.07 Å². The molecule has 1 aromatic rings. The summed E-state index contributed by atoms with van der Waals surface area (Å²) < 4.78 is 10.5. The number of nitrogens with zero attached hydrogens (tertiary/aromatic N) is 1. The van der Waals surface area contributed by atoms with Gasteiger partial charge in [-0.15, -0.1) is 0 Å². The Morgan fingerprint density at radius 2 is 2.06 bits per heavy atom. The van der Waals surface area contributed by atoms with E-state index >= 15 is 0 Å². The van der Waals surface area contributed by atoms with Crippen LogP contribution in [0.3, 0.4) is 0 Å². The van der Waals surface area contributed by atoms with Gasteiger partial charge in [0, 0.05) is 25.8 Å². The van der Waals surface area contributed by atoms with Gasteiger partial charge in [0.25, 0.3) is 0 Å². The summed E-state index contributed by atoms with van der Waals surface area (Å²) in [5.74, 6) is 0.388. The van der Waals surface area contributed by atoms with Gasteiger partial charge >= 0.3 is 6.09 Å². The van der Waals surface area contributed by atoms with Crippen molar-refractivity contribution in [2.75, 3.05) is 26.3 Å². The largest absolute Gasteiger partial charge is 0.415 e. The van der Waals surface area contributed by atoms with Crippen molar-refractivity contribution in [2.45, 2.75) is 6.42 Å². The van der Waals surface area contributed by atoms with Gasteiger partial charge in [-0.05, 0) is 18.6 Å². The molecule has 1 aliphatic heterocycles. The highest BCUT2D eigenvalue weighted by atomic mass is 35.5. The van der Waals surface area contributed by atoms with Crippen LogP contribution in [0.1, 0.15) is 6.42 Å². The molecule has 1 aliphatic rings. The minimum atomic E-state index is -0.390. The predicted octanol–water partition coefficient (Wildman–Crippen LogP) is 3.21. The third-order valence-electron chi connectivity index (χ3n) is 2.58. The third kappa shape index (κ3) is 3.51. The highest BCUT2D eigenvalue weighted by Crippen LogP contribution is 2.26. The van der Waals surface area contributed by atoms with E-state index in [2.05, 4.69) is 0 Å². The molecule has 1 aromatic carbocycles. The number of carbonyl (C=O) groups is 1. The first-order valence-electron chi connectivity index (χ1n) is 5.66. The SMILES string of the molecule is O=C(Oc1ccc(Cl)c(Cl)c1)N1CCCOCC1. The fourth-order valence-electron chi connectivity index (χ4n) is 1.63. The number of ether oxygens (including phenoxy) is 2. The second-order valence-corrected chi connectivity index (χ2v) is 4.71. The molecule has 1 fully saturated rings.